The fraction of sp³-hybridized carbons (Fsp3) is 0.483. The minimum Gasteiger partial charge on any atom is -0.481 e. The molecule has 1 N–H and O–H groups in total. The summed E-state index contributed by atoms with van der Waals surface area (Å²) in [7, 11) is 0. The van der Waals surface area contributed by atoms with Crippen LogP contribution in [0.2, 0.25) is 0 Å². The van der Waals surface area contributed by atoms with Gasteiger partial charge >= 0.3 is 5.97 Å². The van der Waals surface area contributed by atoms with Crippen LogP contribution in [0.4, 0.5) is 0 Å². The first kappa shape index (κ1) is 25.0. The molecule has 1 aliphatic rings. The molecule has 0 amide bonds. The first-order valence-corrected chi connectivity index (χ1v) is 12.7. The summed E-state index contributed by atoms with van der Waals surface area (Å²) < 4.78 is 12.7. The lowest BCUT2D eigenvalue weighted by atomic mass is 9.78. The third kappa shape index (κ3) is 5.75. The van der Waals surface area contributed by atoms with Gasteiger partial charge in [-0.1, -0.05) is 57.2 Å². The molecule has 0 aliphatic heterocycles. The zero-order valence-electron chi connectivity index (χ0n) is 21.2. The Hall–Kier alpha value is -3.15. The third-order valence-electron chi connectivity index (χ3n) is 6.86. The molecule has 3 aromatic rings. The average molecular weight is 477 g/mol. The Balaban J connectivity index is 1.62. The van der Waals surface area contributed by atoms with E-state index in [-0.39, 0.29) is 17.4 Å². The summed E-state index contributed by atoms with van der Waals surface area (Å²) in [4.78, 5) is 20.6. The summed E-state index contributed by atoms with van der Waals surface area (Å²) in [5.41, 5.74) is 3.55. The Morgan fingerprint density at radius 3 is 2.57 bits per heavy atom. The smallest absolute Gasteiger partial charge is 0.307 e. The number of ether oxygens (including phenoxy) is 1. The fourth-order valence-electron chi connectivity index (χ4n) is 4.95. The average Bonchev–Trinajstić information content (AvgIpc) is 3.23. The highest BCUT2D eigenvalue weighted by molar-refractivity contribution is 5.99. The second kappa shape index (κ2) is 10.6. The van der Waals surface area contributed by atoms with E-state index in [9.17, 15) is 9.90 Å². The Morgan fingerprint density at radius 1 is 1.14 bits per heavy atom. The molecular formula is C29H36N2O4. The van der Waals surface area contributed by atoms with Gasteiger partial charge < -0.3 is 14.3 Å². The molecule has 186 valence electrons. The van der Waals surface area contributed by atoms with Crippen LogP contribution < -0.4 is 4.74 Å². The lowest BCUT2D eigenvalue weighted by Gasteiger charge is -2.27. The van der Waals surface area contributed by atoms with Crippen molar-refractivity contribution in [3.8, 4) is 17.2 Å². The Kier molecular flexibility index (Phi) is 7.58. The van der Waals surface area contributed by atoms with Crippen molar-refractivity contribution in [1.82, 2.24) is 9.97 Å². The largest absolute Gasteiger partial charge is 0.481 e. The summed E-state index contributed by atoms with van der Waals surface area (Å²) in [5, 5.41) is 10.4. The van der Waals surface area contributed by atoms with Crippen LogP contribution in [0, 0.1) is 11.3 Å². The number of furan rings is 1. The molecule has 2 atom stereocenters. The Labute approximate surface area is 207 Å². The van der Waals surface area contributed by atoms with Crippen LogP contribution in [0.25, 0.3) is 28.0 Å². The SMILES string of the molecule is C[C@H](CCCC(C(=O)O)C(C)(C)C)Oc1ncnc2oc(-c3ccccc3)c(C3=CCCCC3)c12. The van der Waals surface area contributed by atoms with E-state index in [4.69, 9.17) is 9.15 Å². The number of hydrogen-bond donors (Lipinski definition) is 1. The van der Waals surface area contributed by atoms with E-state index in [2.05, 4.69) is 28.2 Å². The Bertz CT molecular complexity index is 1190. The molecule has 1 unspecified atom stereocenters. The highest BCUT2D eigenvalue weighted by Gasteiger charge is 2.31. The summed E-state index contributed by atoms with van der Waals surface area (Å²) in [6.45, 7) is 7.95. The van der Waals surface area contributed by atoms with Gasteiger partial charge in [-0.15, -0.1) is 0 Å². The molecule has 2 heterocycles. The molecule has 0 bridgehead atoms. The van der Waals surface area contributed by atoms with Gasteiger partial charge in [-0.2, -0.15) is 0 Å². The van der Waals surface area contributed by atoms with E-state index in [1.807, 2.05) is 45.9 Å². The van der Waals surface area contributed by atoms with E-state index < -0.39 is 5.97 Å². The van der Waals surface area contributed by atoms with Crippen LogP contribution in [0.3, 0.4) is 0 Å². The van der Waals surface area contributed by atoms with Crippen LogP contribution in [-0.2, 0) is 4.79 Å². The third-order valence-corrected chi connectivity index (χ3v) is 6.86. The molecule has 0 saturated carbocycles. The quantitative estimate of drug-likeness (QED) is 0.343. The van der Waals surface area contributed by atoms with E-state index in [0.717, 1.165) is 54.4 Å². The van der Waals surface area contributed by atoms with Crippen molar-refractivity contribution < 1.29 is 19.1 Å². The van der Waals surface area contributed by atoms with Crippen molar-refractivity contribution in [3.05, 3.63) is 48.3 Å². The predicted octanol–water partition coefficient (Wildman–Crippen LogP) is 7.53. The first-order chi connectivity index (χ1) is 16.8. The molecule has 2 aromatic heterocycles. The number of allylic oxidation sites excluding steroid dienone is 2. The molecule has 4 rings (SSSR count). The first-order valence-electron chi connectivity index (χ1n) is 12.7. The number of rotatable bonds is 9. The zero-order chi connectivity index (χ0) is 25.0. The van der Waals surface area contributed by atoms with Crippen LogP contribution in [0.5, 0.6) is 5.88 Å². The maximum Gasteiger partial charge on any atom is 0.307 e. The highest BCUT2D eigenvalue weighted by Crippen LogP contribution is 2.43. The maximum atomic E-state index is 11.7. The molecule has 6 nitrogen and oxygen atoms in total. The van der Waals surface area contributed by atoms with E-state index in [1.54, 1.807) is 0 Å². The van der Waals surface area contributed by atoms with Gasteiger partial charge in [-0.05, 0) is 62.9 Å². The molecule has 1 aliphatic carbocycles. The lowest BCUT2D eigenvalue weighted by Crippen LogP contribution is -2.28. The molecule has 1 aromatic carbocycles. The van der Waals surface area contributed by atoms with Crippen molar-refractivity contribution in [2.75, 3.05) is 0 Å². The topological polar surface area (TPSA) is 85.5 Å². The van der Waals surface area contributed by atoms with Crippen molar-refractivity contribution in [2.45, 2.75) is 78.7 Å². The highest BCUT2D eigenvalue weighted by atomic mass is 16.5. The van der Waals surface area contributed by atoms with Gasteiger partial charge in [0.25, 0.3) is 0 Å². The number of aliphatic carboxylic acids is 1. The summed E-state index contributed by atoms with van der Waals surface area (Å²) in [6.07, 6.45) is 10.2. The molecular weight excluding hydrogens is 440 g/mol. The van der Waals surface area contributed by atoms with Gasteiger partial charge in [0.1, 0.15) is 17.5 Å². The predicted molar refractivity (Wildman–Crippen MR) is 138 cm³/mol. The second-order valence-electron chi connectivity index (χ2n) is 10.6. The molecule has 0 fully saturated rings. The van der Waals surface area contributed by atoms with Crippen molar-refractivity contribution in [3.63, 3.8) is 0 Å². The van der Waals surface area contributed by atoms with Gasteiger partial charge in [-0.25, -0.2) is 9.97 Å². The lowest BCUT2D eigenvalue weighted by molar-refractivity contribution is -0.145. The van der Waals surface area contributed by atoms with Gasteiger partial charge in [-0.3, -0.25) is 4.79 Å². The van der Waals surface area contributed by atoms with Gasteiger partial charge in [0.15, 0.2) is 0 Å². The normalized spacial score (nSPS) is 16.1. The second-order valence-corrected chi connectivity index (χ2v) is 10.6. The molecule has 0 saturated heterocycles. The van der Waals surface area contributed by atoms with Gasteiger partial charge in [0, 0.05) is 11.1 Å². The number of carboxylic acid groups (broad SMARTS) is 1. The van der Waals surface area contributed by atoms with E-state index in [1.165, 1.54) is 18.3 Å². The number of aromatic nitrogens is 2. The number of carboxylic acids is 1. The minimum absolute atomic E-state index is 0.120. The number of fused-ring (bicyclic) bond motifs is 1. The monoisotopic (exact) mass is 476 g/mol. The molecule has 35 heavy (non-hydrogen) atoms. The molecule has 6 heteroatoms. The summed E-state index contributed by atoms with van der Waals surface area (Å²) in [6, 6.07) is 10.1. The van der Waals surface area contributed by atoms with Crippen LogP contribution in [-0.4, -0.2) is 27.1 Å². The molecule has 0 spiro atoms. The zero-order valence-corrected chi connectivity index (χ0v) is 21.2. The van der Waals surface area contributed by atoms with Crippen LogP contribution >= 0.6 is 0 Å². The number of carbonyl (C=O) groups is 1. The van der Waals surface area contributed by atoms with E-state index >= 15 is 0 Å². The number of benzene rings is 1. The maximum absolute atomic E-state index is 11.7. The van der Waals surface area contributed by atoms with E-state index in [0.29, 0.717) is 18.0 Å². The van der Waals surface area contributed by atoms with Crippen LogP contribution in [0.15, 0.2) is 47.2 Å². The summed E-state index contributed by atoms with van der Waals surface area (Å²) in [5.74, 6) is 0.218. The van der Waals surface area contributed by atoms with Crippen molar-refractivity contribution >= 4 is 22.6 Å². The Morgan fingerprint density at radius 2 is 1.91 bits per heavy atom. The standard InChI is InChI=1S/C29H36N2O4/c1-19(12-11-17-22(28(32)33)29(2,3)4)34-26-24-23(20-13-7-5-8-14-20)25(21-15-9-6-10-16-21)35-27(24)31-18-30-26/h6,9-10,13,15-16,18-19,22H,5,7-8,11-12,14,17H2,1-4H3,(H,32,33)/t19-,22?/m1/s1. The summed E-state index contributed by atoms with van der Waals surface area (Å²) >= 11 is 0. The molecule has 0 radical (unpaired) electrons. The number of nitrogens with zero attached hydrogens (tertiary/aromatic N) is 2. The fourth-order valence-corrected chi connectivity index (χ4v) is 4.95. The van der Waals surface area contributed by atoms with Crippen molar-refractivity contribution in [1.29, 1.82) is 0 Å². The minimum atomic E-state index is -0.735. The van der Waals surface area contributed by atoms with Crippen LogP contribution in [0.1, 0.15) is 78.2 Å². The number of hydrogen-bond acceptors (Lipinski definition) is 5. The van der Waals surface area contributed by atoms with Crippen molar-refractivity contribution in [2.24, 2.45) is 11.3 Å². The van der Waals surface area contributed by atoms with Gasteiger partial charge in [0.05, 0.1) is 12.0 Å². The van der Waals surface area contributed by atoms with Gasteiger partial charge in [0.2, 0.25) is 11.6 Å².